The molecule has 0 bridgehead atoms. The Bertz CT molecular complexity index is 915. The van der Waals surface area contributed by atoms with Gasteiger partial charge in [0.1, 0.15) is 0 Å². The number of carbonyl (C=O) groups excluding carboxylic acids is 2. The zero-order chi connectivity index (χ0) is 19.7. The summed E-state index contributed by atoms with van der Waals surface area (Å²) in [6.07, 6.45) is 2.84. The van der Waals surface area contributed by atoms with Crippen molar-refractivity contribution in [1.82, 2.24) is 10.2 Å². The summed E-state index contributed by atoms with van der Waals surface area (Å²) in [4.78, 5) is 26.4. The largest absolute Gasteiger partial charge is 0.349 e. The first-order valence-electron chi connectivity index (χ1n) is 9.62. The van der Waals surface area contributed by atoms with Crippen molar-refractivity contribution >= 4 is 11.8 Å². The number of aryl methyl sites for hydroxylation is 1. The van der Waals surface area contributed by atoms with E-state index in [4.69, 9.17) is 0 Å². The van der Waals surface area contributed by atoms with E-state index in [-0.39, 0.29) is 42.4 Å². The van der Waals surface area contributed by atoms with Crippen molar-refractivity contribution in [1.29, 1.82) is 0 Å². The minimum absolute atomic E-state index is 0.00471. The lowest BCUT2D eigenvalue weighted by molar-refractivity contribution is -0.130. The highest BCUT2D eigenvalue weighted by atomic mass is 19.2. The molecule has 1 aliphatic heterocycles. The number of fused-ring (bicyclic) bond motifs is 1. The van der Waals surface area contributed by atoms with E-state index in [2.05, 4.69) is 11.4 Å². The van der Waals surface area contributed by atoms with E-state index in [1.807, 2.05) is 18.2 Å². The lowest BCUT2D eigenvalue weighted by Crippen LogP contribution is -2.38. The maximum absolute atomic E-state index is 14.0. The summed E-state index contributed by atoms with van der Waals surface area (Å²) in [5, 5.41) is 3.07. The van der Waals surface area contributed by atoms with Gasteiger partial charge in [-0.05, 0) is 36.5 Å². The van der Waals surface area contributed by atoms with Crippen LogP contribution in [0.2, 0.25) is 0 Å². The molecule has 4 nitrogen and oxygen atoms in total. The molecule has 2 atom stereocenters. The number of hydrogen-bond acceptors (Lipinski definition) is 2. The number of amides is 2. The Morgan fingerprint density at radius 1 is 1.07 bits per heavy atom. The first-order chi connectivity index (χ1) is 13.5. The SMILES string of the molecule is O=C(CC1CCC(=O)N1Cc1cccc(F)c1F)NC1CCc2ccccc21. The van der Waals surface area contributed by atoms with Crippen molar-refractivity contribution in [2.75, 3.05) is 0 Å². The third-order valence-corrected chi connectivity index (χ3v) is 5.71. The second kappa shape index (κ2) is 7.70. The fourth-order valence-electron chi connectivity index (χ4n) is 4.25. The lowest BCUT2D eigenvalue weighted by atomic mass is 10.1. The molecule has 2 aromatic rings. The van der Waals surface area contributed by atoms with E-state index < -0.39 is 11.6 Å². The van der Waals surface area contributed by atoms with Gasteiger partial charge in [-0.25, -0.2) is 8.78 Å². The summed E-state index contributed by atoms with van der Waals surface area (Å²) >= 11 is 0. The summed E-state index contributed by atoms with van der Waals surface area (Å²) in [6.45, 7) is -0.0212. The Hall–Kier alpha value is -2.76. The number of nitrogens with zero attached hydrogens (tertiary/aromatic N) is 1. The second-order valence-corrected chi connectivity index (χ2v) is 7.49. The molecule has 28 heavy (non-hydrogen) atoms. The highest BCUT2D eigenvalue weighted by molar-refractivity contribution is 5.82. The third-order valence-electron chi connectivity index (χ3n) is 5.71. The van der Waals surface area contributed by atoms with E-state index in [0.29, 0.717) is 12.8 Å². The normalized spacial score (nSPS) is 21.1. The van der Waals surface area contributed by atoms with Crippen LogP contribution in [-0.2, 0) is 22.6 Å². The van der Waals surface area contributed by atoms with Crippen LogP contribution in [0.3, 0.4) is 0 Å². The Labute approximate surface area is 162 Å². The van der Waals surface area contributed by atoms with Gasteiger partial charge < -0.3 is 10.2 Å². The molecule has 0 spiro atoms. The van der Waals surface area contributed by atoms with Crippen molar-refractivity contribution in [2.24, 2.45) is 0 Å². The highest BCUT2D eigenvalue weighted by Crippen LogP contribution is 2.31. The Kier molecular flexibility index (Phi) is 5.11. The molecule has 2 unspecified atom stereocenters. The highest BCUT2D eigenvalue weighted by Gasteiger charge is 2.34. The van der Waals surface area contributed by atoms with Crippen LogP contribution in [0.4, 0.5) is 8.78 Å². The molecule has 0 aromatic heterocycles. The molecule has 2 aromatic carbocycles. The first-order valence-corrected chi connectivity index (χ1v) is 9.62. The third kappa shape index (κ3) is 3.63. The molecule has 2 aliphatic rings. The molecule has 0 radical (unpaired) electrons. The number of benzene rings is 2. The summed E-state index contributed by atoms with van der Waals surface area (Å²) in [5.74, 6) is -2.12. The van der Waals surface area contributed by atoms with Crippen molar-refractivity contribution < 1.29 is 18.4 Å². The topological polar surface area (TPSA) is 49.4 Å². The Morgan fingerprint density at radius 2 is 1.89 bits per heavy atom. The van der Waals surface area contributed by atoms with Crippen LogP contribution in [0.5, 0.6) is 0 Å². The molecule has 1 aliphatic carbocycles. The molecule has 2 amide bonds. The van der Waals surface area contributed by atoms with E-state index in [9.17, 15) is 18.4 Å². The van der Waals surface area contributed by atoms with Gasteiger partial charge in [0.2, 0.25) is 11.8 Å². The average Bonchev–Trinajstić information content (AvgIpc) is 3.24. The smallest absolute Gasteiger partial charge is 0.223 e. The van der Waals surface area contributed by atoms with Crippen LogP contribution < -0.4 is 5.32 Å². The number of halogens is 2. The quantitative estimate of drug-likeness (QED) is 0.856. The van der Waals surface area contributed by atoms with Gasteiger partial charge in [-0.1, -0.05) is 36.4 Å². The zero-order valence-corrected chi connectivity index (χ0v) is 15.5. The minimum atomic E-state index is -0.937. The van der Waals surface area contributed by atoms with Gasteiger partial charge in [-0.2, -0.15) is 0 Å². The van der Waals surface area contributed by atoms with Crippen molar-refractivity contribution in [3.05, 3.63) is 70.8 Å². The van der Waals surface area contributed by atoms with Crippen LogP contribution >= 0.6 is 0 Å². The van der Waals surface area contributed by atoms with Crippen LogP contribution in [0.1, 0.15) is 48.4 Å². The van der Waals surface area contributed by atoms with Crippen molar-refractivity contribution in [3.63, 3.8) is 0 Å². The number of rotatable bonds is 5. The Balaban J connectivity index is 1.41. The fourth-order valence-corrected chi connectivity index (χ4v) is 4.25. The van der Waals surface area contributed by atoms with Crippen LogP contribution in [0.15, 0.2) is 42.5 Å². The average molecular weight is 384 g/mol. The maximum Gasteiger partial charge on any atom is 0.223 e. The van der Waals surface area contributed by atoms with Gasteiger partial charge in [-0.3, -0.25) is 9.59 Å². The molecule has 1 N–H and O–H groups in total. The Morgan fingerprint density at radius 3 is 2.75 bits per heavy atom. The maximum atomic E-state index is 14.0. The van der Waals surface area contributed by atoms with Crippen molar-refractivity contribution in [3.8, 4) is 0 Å². The summed E-state index contributed by atoms with van der Waals surface area (Å²) < 4.78 is 27.5. The molecule has 1 saturated heterocycles. The first kappa shape index (κ1) is 18.6. The summed E-state index contributed by atoms with van der Waals surface area (Å²) in [7, 11) is 0. The number of nitrogens with one attached hydrogen (secondary N) is 1. The van der Waals surface area contributed by atoms with Crippen LogP contribution in [0.25, 0.3) is 0 Å². The molecular weight excluding hydrogens is 362 g/mol. The second-order valence-electron chi connectivity index (χ2n) is 7.49. The number of hydrogen-bond donors (Lipinski definition) is 1. The molecular formula is C22H22F2N2O2. The molecule has 6 heteroatoms. The molecule has 1 heterocycles. The van der Waals surface area contributed by atoms with E-state index >= 15 is 0 Å². The summed E-state index contributed by atoms with van der Waals surface area (Å²) in [6, 6.07) is 11.7. The van der Waals surface area contributed by atoms with Gasteiger partial charge in [0.25, 0.3) is 0 Å². The predicted molar refractivity (Wildman–Crippen MR) is 100 cm³/mol. The molecule has 1 fully saturated rings. The molecule has 146 valence electrons. The van der Waals surface area contributed by atoms with Gasteiger partial charge in [0.15, 0.2) is 11.6 Å². The van der Waals surface area contributed by atoms with E-state index in [1.54, 1.807) is 0 Å². The summed E-state index contributed by atoms with van der Waals surface area (Å²) in [5.41, 5.74) is 2.54. The van der Waals surface area contributed by atoms with Crippen LogP contribution in [0, 0.1) is 11.6 Å². The zero-order valence-electron chi connectivity index (χ0n) is 15.5. The lowest BCUT2D eigenvalue weighted by Gasteiger charge is -2.25. The van der Waals surface area contributed by atoms with E-state index in [1.165, 1.54) is 22.6 Å². The molecule has 4 rings (SSSR count). The van der Waals surface area contributed by atoms with Gasteiger partial charge in [-0.15, -0.1) is 0 Å². The van der Waals surface area contributed by atoms with Gasteiger partial charge >= 0.3 is 0 Å². The van der Waals surface area contributed by atoms with Gasteiger partial charge in [0.05, 0.1) is 6.04 Å². The van der Waals surface area contributed by atoms with Crippen molar-refractivity contribution in [2.45, 2.75) is 50.7 Å². The number of carbonyl (C=O) groups is 2. The standard InChI is InChI=1S/C22H22F2N2O2/c23-18-7-3-5-15(22(18)24)13-26-16(9-11-21(26)28)12-20(27)25-19-10-8-14-4-1-2-6-17(14)19/h1-7,16,19H,8-13H2,(H,25,27). The van der Waals surface area contributed by atoms with E-state index in [0.717, 1.165) is 24.5 Å². The fraction of sp³-hybridized carbons (Fsp3) is 0.364. The minimum Gasteiger partial charge on any atom is -0.349 e. The monoisotopic (exact) mass is 384 g/mol. The van der Waals surface area contributed by atoms with Crippen LogP contribution in [-0.4, -0.2) is 22.8 Å². The predicted octanol–water partition coefficient (Wildman–Crippen LogP) is 3.65. The molecule has 0 saturated carbocycles. The van der Waals surface area contributed by atoms with Gasteiger partial charge in [0, 0.05) is 31.0 Å². The number of likely N-dealkylation sites (tertiary alicyclic amines) is 1.